The summed E-state index contributed by atoms with van der Waals surface area (Å²) in [6.45, 7) is 3.19. The third kappa shape index (κ3) is 5.53. The van der Waals surface area contributed by atoms with Gasteiger partial charge in [0.15, 0.2) is 0 Å². The summed E-state index contributed by atoms with van der Waals surface area (Å²) in [6.07, 6.45) is 4.90. The first kappa shape index (κ1) is 18.9. The quantitative estimate of drug-likeness (QED) is 0.645. The van der Waals surface area contributed by atoms with Gasteiger partial charge in [-0.2, -0.15) is 5.10 Å². The van der Waals surface area contributed by atoms with Crippen LogP contribution in [0.5, 0.6) is 0 Å². The summed E-state index contributed by atoms with van der Waals surface area (Å²) < 4.78 is 1.90. The van der Waals surface area contributed by atoms with Gasteiger partial charge in [-0.1, -0.05) is 48.5 Å². The Kier molecular flexibility index (Phi) is 6.39. The normalized spacial score (nSPS) is 11.9. The molecule has 1 unspecified atom stereocenters. The van der Waals surface area contributed by atoms with Crippen LogP contribution in [0.4, 0.5) is 0 Å². The van der Waals surface area contributed by atoms with E-state index in [1.165, 1.54) is 5.56 Å². The first-order chi connectivity index (χ1) is 13.1. The number of carbonyl (C=O) groups excluding carboxylic acids is 1. The Hall–Kier alpha value is -2.92. The number of nitrogens with zero attached hydrogens (tertiary/aromatic N) is 2. The van der Waals surface area contributed by atoms with Gasteiger partial charge in [-0.05, 0) is 41.7 Å². The summed E-state index contributed by atoms with van der Waals surface area (Å²) in [5.41, 5.74) is 10.3. The molecule has 5 heteroatoms. The molecule has 0 spiro atoms. The zero-order valence-corrected chi connectivity index (χ0v) is 15.6. The van der Waals surface area contributed by atoms with Gasteiger partial charge in [0, 0.05) is 31.4 Å². The zero-order valence-electron chi connectivity index (χ0n) is 15.6. The number of aromatic nitrogens is 2. The Labute approximate surface area is 160 Å². The fraction of sp³-hybridized carbons (Fsp3) is 0.273. The van der Waals surface area contributed by atoms with Crippen molar-refractivity contribution in [3.8, 4) is 11.1 Å². The highest BCUT2D eigenvalue weighted by Gasteiger charge is 2.08. The van der Waals surface area contributed by atoms with Crippen LogP contribution in [0.15, 0.2) is 67.0 Å². The van der Waals surface area contributed by atoms with Crippen molar-refractivity contribution in [2.24, 2.45) is 5.73 Å². The van der Waals surface area contributed by atoms with Crippen molar-refractivity contribution >= 4 is 5.91 Å². The molecule has 5 nitrogen and oxygen atoms in total. The molecule has 0 saturated carbocycles. The van der Waals surface area contributed by atoms with Crippen molar-refractivity contribution in [3.05, 3.63) is 78.1 Å². The third-order valence-corrected chi connectivity index (χ3v) is 4.49. The van der Waals surface area contributed by atoms with Crippen molar-refractivity contribution in [1.29, 1.82) is 0 Å². The van der Waals surface area contributed by atoms with E-state index in [1.807, 2.05) is 36.0 Å². The SMILES string of the molecule is CC(N)CCC(=O)NCc1ccccc1-c1ccc(Cn2cccn2)cc1. The van der Waals surface area contributed by atoms with Gasteiger partial charge in [0.05, 0.1) is 6.54 Å². The Morgan fingerprint density at radius 2 is 1.93 bits per heavy atom. The van der Waals surface area contributed by atoms with Crippen LogP contribution in [0.25, 0.3) is 11.1 Å². The van der Waals surface area contributed by atoms with E-state index in [9.17, 15) is 4.79 Å². The van der Waals surface area contributed by atoms with E-state index in [2.05, 4.69) is 46.8 Å². The minimum atomic E-state index is 0.0386. The lowest BCUT2D eigenvalue weighted by atomic mass is 9.98. The highest BCUT2D eigenvalue weighted by atomic mass is 16.1. The fourth-order valence-corrected chi connectivity index (χ4v) is 2.97. The molecule has 2 aromatic carbocycles. The van der Waals surface area contributed by atoms with Crippen LogP contribution in [-0.2, 0) is 17.9 Å². The first-order valence-electron chi connectivity index (χ1n) is 9.29. The summed E-state index contributed by atoms with van der Waals surface area (Å²) in [4.78, 5) is 12.0. The maximum Gasteiger partial charge on any atom is 0.220 e. The van der Waals surface area contributed by atoms with Crippen LogP contribution in [-0.4, -0.2) is 21.7 Å². The molecule has 0 radical (unpaired) electrons. The predicted molar refractivity (Wildman–Crippen MR) is 108 cm³/mol. The highest BCUT2D eigenvalue weighted by molar-refractivity contribution is 5.76. The number of carbonyl (C=O) groups is 1. The summed E-state index contributed by atoms with van der Waals surface area (Å²) in [5.74, 6) is 0.0386. The topological polar surface area (TPSA) is 72.9 Å². The zero-order chi connectivity index (χ0) is 19.1. The molecule has 0 saturated heterocycles. The Morgan fingerprint density at radius 3 is 2.63 bits per heavy atom. The molecule has 27 heavy (non-hydrogen) atoms. The van der Waals surface area contributed by atoms with Crippen LogP contribution >= 0.6 is 0 Å². The summed E-state index contributed by atoms with van der Waals surface area (Å²) in [7, 11) is 0. The van der Waals surface area contributed by atoms with Crippen LogP contribution in [0.2, 0.25) is 0 Å². The predicted octanol–water partition coefficient (Wildman–Crippen LogP) is 3.34. The van der Waals surface area contributed by atoms with E-state index in [0.717, 1.165) is 23.2 Å². The van der Waals surface area contributed by atoms with Crippen molar-refractivity contribution < 1.29 is 4.79 Å². The lowest BCUT2D eigenvalue weighted by Gasteiger charge is -2.12. The van der Waals surface area contributed by atoms with Gasteiger partial charge in [-0.25, -0.2) is 0 Å². The molecule has 1 atom stereocenters. The smallest absolute Gasteiger partial charge is 0.220 e. The second-order valence-electron chi connectivity index (χ2n) is 6.85. The monoisotopic (exact) mass is 362 g/mol. The number of hydrogen-bond acceptors (Lipinski definition) is 3. The number of benzene rings is 2. The molecule has 140 valence electrons. The largest absolute Gasteiger partial charge is 0.352 e. The van der Waals surface area contributed by atoms with Gasteiger partial charge in [-0.15, -0.1) is 0 Å². The molecule has 1 aromatic heterocycles. The van der Waals surface area contributed by atoms with E-state index in [-0.39, 0.29) is 11.9 Å². The Morgan fingerprint density at radius 1 is 1.15 bits per heavy atom. The number of nitrogens with one attached hydrogen (secondary N) is 1. The second-order valence-corrected chi connectivity index (χ2v) is 6.85. The molecule has 3 rings (SSSR count). The molecule has 0 aliphatic heterocycles. The second kappa shape index (κ2) is 9.14. The average molecular weight is 362 g/mol. The summed E-state index contributed by atoms with van der Waals surface area (Å²) in [6, 6.07) is 18.6. The molecule has 0 aliphatic carbocycles. The minimum absolute atomic E-state index is 0.0386. The van der Waals surface area contributed by atoms with Crippen LogP contribution in [0.3, 0.4) is 0 Å². The lowest BCUT2D eigenvalue weighted by molar-refractivity contribution is -0.121. The molecule has 1 amide bonds. The molecular formula is C22H26N4O. The third-order valence-electron chi connectivity index (χ3n) is 4.49. The highest BCUT2D eigenvalue weighted by Crippen LogP contribution is 2.24. The molecule has 0 fully saturated rings. The Bertz CT molecular complexity index is 854. The first-order valence-corrected chi connectivity index (χ1v) is 9.29. The van der Waals surface area contributed by atoms with Gasteiger partial charge in [0.2, 0.25) is 5.91 Å². The van der Waals surface area contributed by atoms with Gasteiger partial charge in [0.1, 0.15) is 0 Å². The molecule has 3 N–H and O–H groups in total. The van der Waals surface area contributed by atoms with Crippen LogP contribution in [0.1, 0.15) is 30.9 Å². The molecule has 3 aromatic rings. The molecular weight excluding hydrogens is 336 g/mol. The number of nitrogens with two attached hydrogens (primary N) is 1. The van der Waals surface area contributed by atoms with E-state index in [0.29, 0.717) is 19.4 Å². The maximum absolute atomic E-state index is 12.0. The van der Waals surface area contributed by atoms with Crippen LogP contribution < -0.4 is 11.1 Å². The van der Waals surface area contributed by atoms with Gasteiger partial charge < -0.3 is 11.1 Å². The van der Waals surface area contributed by atoms with Gasteiger partial charge >= 0.3 is 0 Å². The lowest BCUT2D eigenvalue weighted by Crippen LogP contribution is -2.25. The molecule has 1 heterocycles. The molecule has 0 bridgehead atoms. The van der Waals surface area contributed by atoms with Crippen molar-refractivity contribution in [2.45, 2.75) is 38.9 Å². The number of hydrogen-bond donors (Lipinski definition) is 2. The van der Waals surface area contributed by atoms with E-state index >= 15 is 0 Å². The minimum Gasteiger partial charge on any atom is -0.352 e. The maximum atomic E-state index is 12.0. The number of amides is 1. The summed E-state index contributed by atoms with van der Waals surface area (Å²) >= 11 is 0. The average Bonchev–Trinajstić information content (AvgIpc) is 3.18. The van der Waals surface area contributed by atoms with Crippen molar-refractivity contribution in [2.75, 3.05) is 0 Å². The Balaban J connectivity index is 1.67. The fourth-order valence-electron chi connectivity index (χ4n) is 2.97. The standard InChI is InChI=1S/C22H26N4O/c1-17(23)7-12-22(27)24-15-20-5-2-3-6-21(20)19-10-8-18(9-11-19)16-26-14-4-13-25-26/h2-6,8-11,13-14,17H,7,12,15-16,23H2,1H3,(H,24,27). The van der Waals surface area contributed by atoms with E-state index in [4.69, 9.17) is 5.73 Å². The number of rotatable bonds is 8. The van der Waals surface area contributed by atoms with Gasteiger partial charge in [-0.3, -0.25) is 9.48 Å². The van der Waals surface area contributed by atoms with Crippen molar-refractivity contribution in [1.82, 2.24) is 15.1 Å². The molecule has 0 aliphatic rings. The van der Waals surface area contributed by atoms with E-state index in [1.54, 1.807) is 6.20 Å². The van der Waals surface area contributed by atoms with Crippen LogP contribution in [0, 0.1) is 0 Å². The van der Waals surface area contributed by atoms with Gasteiger partial charge in [0.25, 0.3) is 0 Å². The van der Waals surface area contributed by atoms with E-state index < -0.39 is 0 Å². The van der Waals surface area contributed by atoms with Crippen molar-refractivity contribution in [3.63, 3.8) is 0 Å². The summed E-state index contributed by atoms with van der Waals surface area (Å²) in [5, 5.41) is 7.24.